The Kier molecular flexibility index (Phi) is 6.90. The average Bonchev–Trinajstić information content (AvgIpc) is 2.78. The molecule has 0 aliphatic carbocycles. The van der Waals surface area contributed by atoms with Gasteiger partial charge in [0.1, 0.15) is 18.1 Å². The summed E-state index contributed by atoms with van der Waals surface area (Å²) in [6.45, 7) is 0.0470. The number of nitrogen functional groups attached to an aromatic ring is 2. The van der Waals surface area contributed by atoms with Crippen LogP contribution >= 0.6 is 0 Å². The maximum Gasteiger partial charge on any atom is 0.343 e. The lowest BCUT2D eigenvalue weighted by atomic mass is 10.1. The first-order valence-corrected chi connectivity index (χ1v) is 9.39. The van der Waals surface area contributed by atoms with Gasteiger partial charge >= 0.3 is 11.9 Å². The third-order valence-corrected chi connectivity index (χ3v) is 4.37. The number of carbonyl (C=O) groups is 2. The van der Waals surface area contributed by atoms with Crippen LogP contribution in [0.25, 0.3) is 6.08 Å². The molecule has 0 atom stereocenters. The molecule has 4 N–H and O–H groups in total. The van der Waals surface area contributed by atoms with Crippen LogP contribution in [-0.2, 0) is 16.1 Å². The molecular weight excluding hydrogens is 396 g/mol. The van der Waals surface area contributed by atoms with Crippen LogP contribution < -0.4 is 20.9 Å². The second kappa shape index (κ2) is 9.98. The molecule has 0 aromatic heterocycles. The zero-order valence-electron chi connectivity index (χ0n) is 16.9. The van der Waals surface area contributed by atoms with Crippen molar-refractivity contribution < 1.29 is 23.8 Å². The Morgan fingerprint density at radius 3 is 2.23 bits per heavy atom. The molecular formula is C24H22N2O5. The predicted octanol–water partition coefficient (Wildman–Crippen LogP) is 3.84. The summed E-state index contributed by atoms with van der Waals surface area (Å²) in [5.41, 5.74) is 14.3. The third kappa shape index (κ3) is 6.11. The molecule has 31 heavy (non-hydrogen) atoms. The molecule has 158 valence electrons. The van der Waals surface area contributed by atoms with E-state index in [1.807, 2.05) is 0 Å². The van der Waals surface area contributed by atoms with E-state index >= 15 is 0 Å². The van der Waals surface area contributed by atoms with Gasteiger partial charge in [-0.05, 0) is 60.2 Å². The van der Waals surface area contributed by atoms with Crippen molar-refractivity contribution in [2.24, 2.45) is 0 Å². The molecule has 0 aliphatic rings. The summed E-state index contributed by atoms with van der Waals surface area (Å²) < 4.78 is 15.6. The van der Waals surface area contributed by atoms with Crippen LogP contribution in [-0.4, -0.2) is 19.0 Å². The van der Waals surface area contributed by atoms with Gasteiger partial charge in [0.2, 0.25) is 0 Å². The van der Waals surface area contributed by atoms with Crippen molar-refractivity contribution in [1.82, 2.24) is 0 Å². The summed E-state index contributed by atoms with van der Waals surface area (Å²) in [5, 5.41) is 0. The Morgan fingerprint density at radius 2 is 1.58 bits per heavy atom. The number of ether oxygens (including phenoxy) is 3. The van der Waals surface area contributed by atoms with Crippen LogP contribution in [0.15, 0.2) is 72.8 Å². The molecule has 7 nitrogen and oxygen atoms in total. The molecule has 0 fully saturated rings. The van der Waals surface area contributed by atoms with Crippen LogP contribution in [0.2, 0.25) is 0 Å². The Bertz CT molecular complexity index is 1090. The van der Waals surface area contributed by atoms with Crippen molar-refractivity contribution >= 4 is 29.4 Å². The molecule has 0 saturated carbocycles. The van der Waals surface area contributed by atoms with Gasteiger partial charge in [-0.15, -0.1) is 0 Å². The summed E-state index contributed by atoms with van der Waals surface area (Å²) in [6.07, 6.45) is 2.89. The van der Waals surface area contributed by atoms with Crippen LogP contribution in [0.5, 0.6) is 11.5 Å². The summed E-state index contributed by atoms with van der Waals surface area (Å²) >= 11 is 0. The van der Waals surface area contributed by atoms with E-state index in [4.69, 9.17) is 25.7 Å². The minimum Gasteiger partial charge on any atom is -0.497 e. The zero-order chi connectivity index (χ0) is 22.2. The second-order valence-corrected chi connectivity index (χ2v) is 6.59. The Labute approximate surface area is 179 Å². The Balaban J connectivity index is 1.53. The average molecular weight is 418 g/mol. The molecule has 0 saturated heterocycles. The predicted molar refractivity (Wildman–Crippen MR) is 118 cm³/mol. The van der Waals surface area contributed by atoms with Gasteiger partial charge in [0.25, 0.3) is 0 Å². The maximum atomic E-state index is 12.3. The van der Waals surface area contributed by atoms with Crippen LogP contribution in [0.1, 0.15) is 21.5 Å². The van der Waals surface area contributed by atoms with E-state index < -0.39 is 11.9 Å². The number of esters is 2. The normalized spacial score (nSPS) is 10.6. The molecule has 0 amide bonds. The number of nitrogens with two attached hydrogens (primary N) is 2. The largest absolute Gasteiger partial charge is 0.497 e. The van der Waals surface area contributed by atoms with Crippen molar-refractivity contribution in [3.63, 3.8) is 0 Å². The van der Waals surface area contributed by atoms with Crippen molar-refractivity contribution in [1.29, 1.82) is 0 Å². The van der Waals surface area contributed by atoms with Gasteiger partial charge in [-0.25, -0.2) is 9.59 Å². The van der Waals surface area contributed by atoms with Gasteiger partial charge in [0, 0.05) is 23.0 Å². The van der Waals surface area contributed by atoms with E-state index in [0.717, 1.165) is 5.56 Å². The number of hydrogen-bond acceptors (Lipinski definition) is 7. The van der Waals surface area contributed by atoms with Crippen LogP contribution in [0.3, 0.4) is 0 Å². The van der Waals surface area contributed by atoms with Gasteiger partial charge in [-0.3, -0.25) is 0 Å². The van der Waals surface area contributed by atoms with Crippen LogP contribution in [0.4, 0.5) is 11.4 Å². The fourth-order valence-electron chi connectivity index (χ4n) is 2.65. The topological polar surface area (TPSA) is 114 Å². The SMILES string of the molecule is COc1ccc(OC(=O)c2ccc(/C=C/C(=O)OCc3ccc(N)cc3N)cc2)cc1. The molecule has 0 unspecified atom stereocenters. The molecule has 3 aromatic rings. The maximum absolute atomic E-state index is 12.3. The van der Waals surface area contributed by atoms with Crippen molar-refractivity contribution in [3.05, 3.63) is 89.5 Å². The molecule has 3 rings (SSSR count). The second-order valence-electron chi connectivity index (χ2n) is 6.59. The van der Waals surface area contributed by atoms with Gasteiger partial charge < -0.3 is 25.7 Å². The quantitative estimate of drug-likeness (QED) is 0.259. The number of hydrogen-bond donors (Lipinski definition) is 2. The number of anilines is 2. The standard InChI is InChI=1S/C24H22N2O5/c1-29-20-9-11-21(12-10-20)31-24(28)17-5-2-16(3-6-17)4-13-23(27)30-15-18-7-8-19(25)14-22(18)26/h2-14H,15,25-26H2,1H3/b13-4+. The summed E-state index contributed by atoms with van der Waals surface area (Å²) in [5.74, 6) is 0.0890. The highest BCUT2D eigenvalue weighted by atomic mass is 16.5. The minimum absolute atomic E-state index is 0.0470. The third-order valence-electron chi connectivity index (χ3n) is 4.37. The Hall–Kier alpha value is -4.26. The fraction of sp³-hybridized carbons (Fsp3) is 0.0833. The highest BCUT2D eigenvalue weighted by Gasteiger charge is 2.09. The van der Waals surface area contributed by atoms with E-state index in [2.05, 4.69) is 0 Å². The molecule has 0 heterocycles. The van der Waals surface area contributed by atoms with Crippen molar-refractivity contribution in [2.75, 3.05) is 18.6 Å². The van der Waals surface area contributed by atoms with Gasteiger partial charge in [0.15, 0.2) is 0 Å². The lowest BCUT2D eigenvalue weighted by Crippen LogP contribution is -2.08. The van der Waals surface area contributed by atoms with E-state index in [1.165, 1.54) is 6.08 Å². The monoisotopic (exact) mass is 418 g/mol. The first-order chi connectivity index (χ1) is 14.9. The lowest BCUT2D eigenvalue weighted by Gasteiger charge is -2.07. The van der Waals surface area contributed by atoms with E-state index in [1.54, 1.807) is 79.9 Å². The van der Waals surface area contributed by atoms with Gasteiger partial charge in [-0.1, -0.05) is 18.2 Å². The first kappa shape index (κ1) is 21.4. The minimum atomic E-state index is -0.515. The van der Waals surface area contributed by atoms with E-state index in [0.29, 0.717) is 34.0 Å². The smallest absolute Gasteiger partial charge is 0.343 e. The van der Waals surface area contributed by atoms with Crippen LogP contribution in [0, 0.1) is 0 Å². The summed E-state index contributed by atoms with van der Waals surface area (Å²) in [6, 6.07) is 18.4. The molecule has 0 radical (unpaired) electrons. The number of carbonyl (C=O) groups excluding carboxylic acids is 2. The molecule has 3 aromatic carbocycles. The van der Waals surface area contributed by atoms with E-state index in [9.17, 15) is 9.59 Å². The first-order valence-electron chi connectivity index (χ1n) is 9.39. The summed E-state index contributed by atoms with van der Waals surface area (Å²) in [7, 11) is 1.56. The van der Waals surface area contributed by atoms with Gasteiger partial charge in [-0.2, -0.15) is 0 Å². The van der Waals surface area contributed by atoms with Crippen molar-refractivity contribution in [3.8, 4) is 11.5 Å². The molecule has 0 bridgehead atoms. The lowest BCUT2D eigenvalue weighted by molar-refractivity contribution is -0.138. The molecule has 0 aliphatic heterocycles. The van der Waals surface area contributed by atoms with E-state index in [-0.39, 0.29) is 6.61 Å². The zero-order valence-corrected chi connectivity index (χ0v) is 16.9. The van der Waals surface area contributed by atoms with Gasteiger partial charge in [0.05, 0.1) is 12.7 Å². The molecule has 0 spiro atoms. The fourth-order valence-corrected chi connectivity index (χ4v) is 2.65. The Morgan fingerprint density at radius 1 is 0.903 bits per heavy atom. The highest BCUT2D eigenvalue weighted by molar-refractivity contribution is 5.91. The molecule has 7 heteroatoms. The summed E-state index contributed by atoms with van der Waals surface area (Å²) in [4.78, 5) is 24.2. The number of benzene rings is 3. The van der Waals surface area contributed by atoms with Crippen molar-refractivity contribution in [2.45, 2.75) is 6.61 Å². The highest BCUT2D eigenvalue weighted by Crippen LogP contribution is 2.19. The number of rotatable bonds is 7. The number of methoxy groups -OCH3 is 1.